The van der Waals surface area contributed by atoms with Gasteiger partial charge in [-0.15, -0.1) is 0 Å². The molecule has 0 saturated heterocycles. The fourth-order valence-corrected chi connectivity index (χ4v) is 6.80. The Labute approximate surface area is 293 Å². The van der Waals surface area contributed by atoms with Crippen LogP contribution in [0.3, 0.4) is 0 Å². The summed E-state index contributed by atoms with van der Waals surface area (Å²) in [6.45, 7) is 0. The van der Waals surface area contributed by atoms with E-state index < -0.39 is 58.8 Å². The highest BCUT2D eigenvalue weighted by atomic mass is 35.5. The van der Waals surface area contributed by atoms with Crippen molar-refractivity contribution >= 4 is 89.7 Å². The number of aliphatic carboxylic acids is 1. The predicted octanol–water partition coefficient (Wildman–Crippen LogP) is 4.23. The Morgan fingerprint density at radius 3 is 1.94 bits per heavy atom. The number of halogens is 1. The molecule has 260 valence electrons. The van der Waals surface area contributed by atoms with E-state index in [9.17, 15) is 40.3 Å². The summed E-state index contributed by atoms with van der Waals surface area (Å²) in [5, 5.41) is 16.9. The molecule has 1 aliphatic rings. The Morgan fingerprint density at radius 1 is 0.706 bits per heavy atom. The largest absolute Gasteiger partial charge is 0.481 e. The second kappa shape index (κ2) is 13.0. The van der Waals surface area contributed by atoms with Gasteiger partial charge in [0.2, 0.25) is 17.2 Å². The number of aromatic nitrogens is 3. The summed E-state index contributed by atoms with van der Waals surface area (Å²) >= 11 is 6.08. The summed E-state index contributed by atoms with van der Waals surface area (Å²) in [7, 11) is -10.1. The predicted molar refractivity (Wildman–Crippen MR) is 183 cm³/mol. The highest BCUT2D eigenvalue weighted by molar-refractivity contribution is 7.86. The van der Waals surface area contributed by atoms with Gasteiger partial charge >= 0.3 is 5.97 Å². The molecule has 17 nitrogen and oxygen atoms in total. The van der Waals surface area contributed by atoms with Crippen molar-refractivity contribution in [3.05, 3.63) is 106 Å². The van der Waals surface area contributed by atoms with Gasteiger partial charge in [0.15, 0.2) is 11.6 Å². The molecule has 1 aliphatic carbocycles. The average molecular weight is 752 g/mol. The SMILES string of the molecule is Nc1c(S(=O)(=O)O)cc(Nc2ccc(Nc3nc(Cl)nc(Nc4cccc(CC(=O)O)c4)n3)c(S(=O)(=O)O)c2)c2c1C(=O)c1ccccc1C2=O. The maximum absolute atomic E-state index is 13.6. The molecule has 0 atom stereocenters. The molecule has 4 aromatic carbocycles. The van der Waals surface area contributed by atoms with Gasteiger partial charge in [0, 0.05) is 22.5 Å². The molecule has 0 radical (unpaired) electrons. The van der Waals surface area contributed by atoms with Crippen molar-refractivity contribution in [2.24, 2.45) is 0 Å². The van der Waals surface area contributed by atoms with Gasteiger partial charge in [0.1, 0.15) is 9.79 Å². The van der Waals surface area contributed by atoms with Crippen LogP contribution in [0.25, 0.3) is 0 Å². The zero-order valence-corrected chi connectivity index (χ0v) is 27.8. The van der Waals surface area contributed by atoms with Crippen molar-refractivity contribution in [3.8, 4) is 0 Å². The minimum atomic E-state index is -5.04. The van der Waals surface area contributed by atoms with Crippen LogP contribution in [0.2, 0.25) is 5.28 Å². The second-order valence-corrected chi connectivity index (χ2v) is 14.0. The Hall–Kier alpha value is -5.99. The molecule has 1 aromatic heterocycles. The molecule has 51 heavy (non-hydrogen) atoms. The number of anilines is 7. The van der Waals surface area contributed by atoms with E-state index in [0.29, 0.717) is 11.3 Å². The number of fused-ring (bicyclic) bond motifs is 2. The third-order valence-corrected chi connectivity index (χ3v) is 9.37. The molecule has 5 aromatic rings. The van der Waals surface area contributed by atoms with E-state index in [-0.39, 0.29) is 57.4 Å². The normalized spacial score (nSPS) is 12.5. The minimum Gasteiger partial charge on any atom is -0.481 e. The van der Waals surface area contributed by atoms with Crippen LogP contribution in [0.1, 0.15) is 37.4 Å². The minimum absolute atomic E-state index is 0.00642. The molecule has 0 unspecified atom stereocenters. The lowest BCUT2D eigenvalue weighted by molar-refractivity contribution is -0.136. The number of nitrogens with zero attached hydrogens (tertiary/aromatic N) is 3. The first kappa shape index (κ1) is 34.9. The van der Waals surface area contributed by atoms with Crippen LogP contribution in [-0.4, -0.2) is 63.5 Å². The summed E-state index contributed by atoms with van der Waals surface area (Å²) in [4.78, 5) is 48.6. The molecule has 0 bridgehead atoms. The summed E-state index contributed by atoms with van der Waals surface area (Å²) < 4.78 is 69.7. The van der Waals surface area contributed by atoms with Gasteiger partial charge in [-0.3, -0.25) is 23.5 Å². The van der Waals surface area contributed by atoms with Crippen molar-refractivity contribution in [2.45, 2.75) is 16.2 Å². The Kier molecular flexibility index (Phi) is 8.91. The van der Waals surface area contributed by atoms with Crippen molar-refractivity contribution in [1.29, 1.82) is 0 Å². The molecule has 0 spiro atoms. The Bertz CT molecular complexity index is 2550. The topological polar surface area (TPSA) is 281 Å². The zero-order chi connectivity index (χ0) is 36.8. The first-order valence-corrected chi connectivity index (χ1v) is 17.5. The lowest BCUT2D eigenvalue weighted by Crippen LogP contribution is -2.25. The van der Waals surface area contributed by atoms with Gasteiger partial charge in [0.05, 0.1) is 34.6 Å². The number of nitrogen functional groups attached to an aromatic ring is 1. The summed E-state index contributed by atoms with van der Waals surface area (Å²) in [6, 6.07) is 16.3. The van der Waals surface area contributed by atoms with Crippen molar-refractivity contribution in [2.75, 3.05) is 21.7 Å². The molecule has 8 N–H and O–H groups in total. The number of rotatable bonds is 10. The number of nitrogens with two attached hydrogens (primary N) is 1. The number of hydrogen-bond acceptors (Lipinski definition) is 14. The number of hydrogen-bond donors (Lipinski definition) is 7. The van der Waals surface area contributed by atoms with Gasteiger partial charge in [-0.25, -0.2) is 0 Å². The maximum Gasteiger partial charge on any atom is 0.307 e. The van der Waals surface area contributed by atoms with E-state index in [4.69, 9.17) is 22.4 Å². The number of nitrogens with one attached hydrogen (secondary N) is 3. The van der Waals surface area contributed by atoms with Crippen LogP contribution in [0.15, 0.2) is 82.6 Å². The number of carboxylic acid groups (broad SMARTS) is 1. The lowest BCUT2D eigenvalue weighted by atomic mass is 9.82. The first-order valence-electron chi connectivity index (χ1n) is 14.3. The third kappa shape index (κ3) is 7.18. The zero-order valence-electron chi connectivity index (χ0n) is 25.4. The van der Waals surface area contributed by atoms with Gasteiger partial charge in [0.25, 0.3) is 20.2 Å². The highest BCUT2D eigenvalue weighted by Crippen LogP contribution is 2.40. The molecule has 0 amide bonds. The molecular formula is C31H22ClN7O10S2. The van der Waals surface area contributed by atoms with E-state index in [1.54, 1.807) is 24.3 Å². The lowest BCUT2D eigenvalue weighted by Gasteiger charge is -2.24. The van der Waals surface area contributed by atoms with Crippen LogP contribution in [0.4, 0.5) is 40.3 Å². The maximum atomic E-state index is 13.6. The van der Waals surface area contributed by atoms with Crippen LogP contribution in [-0.2, 0) is 31.5 Å². The van der Waals surface area contributed by atoms with E-state index in [1.807, 2.05) is 0 Å². The molecule has 0 fully saturated rings. The van der Waals surface area contributed by atoms with Crippen molar-refractivity contribution < 1.29 is 45.4 Å². The monoisotopic (exact) mass is 751 g/mol. The average Bonchev–Trinajstić information content (AvgIpc) is 3.03. The number of carbonyl (C=O) groups is 3. The van der Waals surface area contributed by atoms with E-state index >= 15 is 0 Å². The highest BCUT2D eigenvalue weighted by Gasteiger charge is 2.36. The van der Waals surface area contributed by atoms with Gasteiger partial charge < -0.3 is 26.8 Å². The standard InChI is InChI=1S/C31H22ClN7O10S2/c32-29-37-30(35-15-5-3-4-14(10-15)11-23(40)41)39-31(38-29)36-19-9-8-16(12-21(19)50(44,45)46)34-20-13-22(51(47,48)49)26(33)25-24(20)27(42)17-6-1-2-7-18(17)28(25)43/h1-10,12-13,34H,11,33H2,(H,40,41)(H,44,45,46)(H,47,48,49)(H2,35,36,37,38,39). The molecule has 0 aliphatic heterocycles. The molecule has 1 heterocycles. The third-order valence-electron chi connectivity index (χ3n) is 7.41. The van der Waals surface area contributed by atoms with Gasteiger partial charge in [-0.2, -0.15) is 31.8 Å². The first-order chi connectivity index (χ1) is 24.0. The van der Waals surface area contributed by atoms with Crippen LogP contribution < -0.4 is 21.7 Å². The van der Waals surface area contributed by atoms with Crippen LogP contribution >= 0.6 is 11.6 Å². The number of ketones is 2. The van der Waals surface area contributed by atoms with Crippen molar-refractivity contribution in [1.82, 2.24) is 15.0 Å². The number of benzene rings is 4. The summed E-state index contributed by atoms with van der Waals surface area (Å²) in [6.07, 6.45) is -0.242. The number of carbonyl (C=O) groups excluding carboxylic acids is 2. The van der Waals surface area contributed by atoms with E-state index in [1.165, 1.54) is 36.4 Å². The Balaban J connectivity index is 1.37. The molecule has 20 heteroatoms. The van der Waals surface area contributed by atoms with Crippen molar-refractivity contribution in [3.63, 3.8) is 0 Å². The quantitative estimate of drug-likeness (QED) is 0.0761. The van der Waals surface area contributed by atoms with E-state index in [2.05, 4.69) is 30.9 Å². The molecule has 6 rings (SSSR count). The van der Waals surface area contributed by atoms with Crippen LogP contribution in [0, 0.1) is 0 Å². The molecular weight excluding hydrogens is 730 g/mol. The van der Waals surface area contributed by atoms with Gasteiger partial charge in [-0.1, -0.05) is 36.4 Å². The van der Waals surface area contributed by atoms with Crippen LogP contribution in [0.5, 0.6) is 0 Å². The summed E-state index contributed by atoms with van der Waals surface area (Å²) in [5.74, 6) is -2.93. The fraction of sp³-hybridized carbons (Fsp3) is 0.0323. The van der Waals surface area contributed by atoms with E-state index in [0.717, 1.165) is 12.1 Å². The smallest absolute Gasteiger partial charge is 0.307 e. The second-order valence-electron chi connectivity index (χ2n) is 10.8. The number of carboxylic acids is 1. The van der Waals surface area contributed by atoms with Gasteiger partial charge in [-0.05, 0) is 53.6 Å². The fourth-order valence-electron chi connectivity index (χ4n) is 5.32. The summed E-state index contributed by atoms with van der Waals surface area (Å²) in [5.41, 5.74) is 4.63. The molecule has 0 saturated carbocycles. The Morgan fingerprint density at radius 2 is 1.31 bits per heavy atom.